The van der Waals surface area contributed by atoms with Gasteiger partial charge in [0.05, 0.1) is 11.1 Å². The average molecular weight is 446 g/mol. The van der Waals surface area contributed by atoms with Crippen LogP contribution in [0.25, 0.3) is 0 Å². The SMILES string of the molecule is CCN(CC)C(O)(O)c1cc(C(O)(O)N(CC)CC)c(O)c(C(O)(O)N(CC)CC)c1. The molecular formula is C21H39N3O7. The predicted molar refractivity (Wildman–Crippen MR) is 115 cm³/mol. The van der Waals surface area contributed by atoms with Gasteiger partial charge in [0, 0.05) is 44.8 Å². The van der Waals surface area contributed by atoms with Crippen LogP contribution in [0.15, 0.2) is 12.1 Å². The summed E-state index contributed by atoms with van der Waals surface area (Å²) in [5.74, 6) is -8.76. The molecule has 0 aliphatic heterocycles. The molecule has 180 valence electrons. The Balaban J connectivity index is 3.96. The second kappa shape index (κ2) is 10.5. The molecule has 0 heterocycles. The fourth-order valence-electron chi connectivity index (χ4n) is 3.86. The maximum absolute atomic E-state index is 10.9. The summed E-state index contributed by atoms with van der Waals surface area (Å²) in [4.78, 5) is 3.73. The van der Waals surface area contributed by atoms with E-state index in [1.54, 1.807) is 41.5 Å². The number of hydrogen-bond acceptors (Lipinski definition) is 10. The zero-order valence-corrected chi connectivity index (χ0v) is 19.4. The first-order valence-corrected chi connectivity index (χ1v) is 10.8. The Bertz CT molecular complexity index is 668. The van der Waals surface area contributed by atoms with Gasteiger partial charge in [0.1, 0.15) is 5.75 Å². The Labute approximate surface area is 184 Å². The van der Waals surface area contributed by atoms with Crippen molar-refractivity contribution < 1.29 is 35.7 Å². The summed E-state index contributed by atoms with van der Waals surface area (Å²) in [7, 11) is 0. The molecule has 0 aliphatic rings. The van der Waals surface area contributed by atoms with Gasteiger partial charge in [0.2, 0.25) is 0 Å². The molecule has 1 rings (SSSR count). The van der Waals surface area contributed by atoms with Gasteiger partial charge in [-0.25, -0.2) is 14.7 Å². The maximum atomic E-state index is 10.9. The van der Waals surface area contributed by atoms with E-state index >= 15 is 0 Å². The highest BCUT2D eigenvalue weighted by Crippen LogP contribution is 2.41. The van der Waals surface area contributed by atoms with Gasteiger partial charge in [-0.2, -0.15) is 0 Å². The summed E-state index contributed by atoms with van der Waals surface area (Å²) in [6.45, 7) is 11.4. The number of aliphatic hydroxyl groups is 6. The first-order chi connectivity index (χ1) is 14.3. The molecule has 0 aliphatic carbocycles. The number of phenolic OH excluding ortho intramolecular Hbond substituents is 1. The van der Waals surface area contributed by atoms with Crippen LogP contribution in [0.2, 0.25) is 0 Å². The third kappa shape index (κ3) is 5.19. The normalized spacial score (nSPS) is 13.6. The van der Waals surface area contributed by atoms with E-state index in [-0.39, 0.29) is 44.8 Å². The van der Waals surface area contributed by atoms with Crippen LogP contribution < -0.4 is 0 Å². The zero-order valence-electron chi connectivity index (χ0n) is 19.4. The standard InChI is InChI=1S/C21H39N3O7/c1-7-22(8-2)19(26,27)15-13-16(20(28,29)23(9-3)10-4)18(25)17(14-15)21(30,31)24(11-5)12-6/h13-14,25-31H,7-12H2,1-6H3. The van der Waals surface area contributed by atoms with Crippen molar-refractivity contribution in [2.45, 2.75) is 59.3 Å². The first kappa shape index (κ1) is 27.7. The van der Waals surface area contributed by atoms with Crippen molar-refractivity contribution in [3.8, 4) is 5.75 Å². The lowest BCUT2D eigenvalue weighted by Crippen LogP contribution is -2.50. The Morgan fingerprint density at radius 2 is 0.806 bits per heavy atom. The molecule has 0 fully saturated rings. The topological polar surface area (TPSA) is 151 Å². The molecule has 0 spiro atoms. The van der Waals surface area contributed by atoms with Crippen molar-refractivity contribution in [2.75, 3.05) is 39.3 Å². The third-order valence-electron chi connectivity index (χ3n) is 5.83. The van der Waals surface area contributed by atoms with Crippen LogP contribution in [-0.2, 0) is 17.7 Å². The molecule has 31 heavy (non-hydrogen) atoms. The number of benzene rings is 1. The number of aromatic hydroxyl groups is 1. The zero-order chi connectivity index (χ0) is 24.2. The monoisotopic (exact) mass is 445 g/mol. The van der Waals surface area contributed by atoms with Crippen molar-refractivity contribution in [3.63, 3.8) is 0 Å². The van der Waals surface area contributed by atoms with Crippen LogP contribution in [-0.4, -0.2) is 89.7 Å². The number of rotatable bonds is 12. The molecule has 1 aromatic rings. The second-order valence-corrected chi connectivity index (χ2v) is 7.34. The minimum Gasteiger partial charge on any atom is -0.507 e. The van der Waals surface area contributed by atoms with Gasteiger partial charge in [0.15, 0.2) is 0 Å². The Kier molecular flexibility index (Phi) is 9.40. The molecule has 0 bridgehead atoms. The van der Waals surface area contributed by atoms with E-state index in [1.165, 1.54) is 14.7 Å². The minimum absolute atomic E-state index is 0.196. The molecular weight excluding hydrogens is 406 g/mol. The summed E-state index contributed by atoms with van der Waals surface area (Å²) in [5.41, 5.74) is -1.25. The van der Waals surface area contributed by atoms with Gasteiger partial charge in [-0.3, -0.25) is 0 Å². The molecule has 1 aromatic carbocycles. The molecule has 0 amide bonds. The molecule has 0 atom stereocenters. The molecule has 7 N–H and O–H groups in total. The summed E-state index contributed by atoms with van der Waals surface area (Å²) < 4.78 is 0. The third-order valence-corrected chi connectivity index (χ3v) is 5.83. The molecule has 0 saturated carbocycles. The van der Waals surface area contributed by atoms with Crippen molar-refractivity contribution >= 4 is 0 Å². The fraction of sp³-hybridized carbons (Fsp3) is 0.714. The summed E-state index contributed by atoms with van der Waals surface area (Å²) in [6, 6.07) is 2.10. The van der Waals surface area contributed by atoms with Crippen molar-refractivity contribution in [1.29, 1.82) is 0 Å². The number of nitrogens with zero attached hydrogens (tertiary/aromatic N) is 3. The van der Waals surface area contributed by atoms with Crippen molar-refractivity contribution in [2.24, 2.45) is 0 Å². The van der Waals surface area contributed by atoms with Gasteiger partial charge in [-0.05, 0) is 12.1 Å². The lowest BCUT2D eigenvalue weighted by molar-refractivity contribution is -0.282. The lowest BCUT2D eigenvalue weighted by atomic mass is 9.95. The summed E-state index contributed by atoms with van der Waals surface area (Å²) >= 11 is 0. The fourth-order valence-corrected chi connectivity index (χ4v) is 3.86. The van der Waals surface area contributed by atoms with Crippen LogP contribution in [0.5, 0.6) is 5.75 Å². The largest absolute Gasteiger partial charge is 0.507 e. The van der Waals surface area contributed by atoms with E-state index in [1.807, 2.05) is 0 Å². The smallest absolute Gasteiger partial charge is 0.257 e. The molecule has 0 aromatic heterocycles. The van der Waals surface area contributed by atoms with E-state index in [4.69, 9.17) is 0 Å². The van der Waals surface area contributed by atoms with Gasteiger partial charge < -0.3 is 35.7 Å². The second-order valence-electron chi connectivity index (χ2n) is 7.34. The predicted octanol–water partition coefficient (Wildman–Crippen LogP) is -0.298. The number of phenols is 1. The Morgan fingerprint density at radius 1 is 0.548 bits per heavy atom. The average Bonchev–Trinajstić information content (AvgIpc) is 2.69. The highest BCUT2D eigenvalue weighted by Gasteiger charge is 2.44. The molecule has 0 unspecified atom stereocenters. The van der Waals surface area contributed by atoms with Crippen LogP contribution >= 0.6 is 0 Å². The highest BCUT2D eigenvalue weighted by atomic mass is 16.5. The van der Waals surface area contributed by atoms with E-state index in [2.05, 4.69) is 0 Å². The maximum Gasteiger partial charge on any atom is 0.257 e. The Morgan fingerprint density at radius 3 is 1.06 bits per heavy atom. The van der Waals surface area contributed by atoms with Crippen molar-refractivity contribution in [1.82, 2.24) is 14.7 Å². The summed E-state index contributed by atoms with van der Waals surface area (Å²) in [6.07, 6.45) is 0. The molecule has 10 nitrogen and oxygen atoms in total. The lowest BCUT2D eigenvalue weighted by Gasteiger charge is -2.40. The molecule has 0 saturated heterocycles. The molecule has 0 radical (unpaired) electrons. The van der Waals surface area contributed by atoms with Crippen LogP contribution in [0.1, 0.15) is 58.2 Å². The van der Waals surface area contributed by atoms with E-state index in [0.717, 1.165) is 12.1 Å². The summed E-state index contributed by atoms with van der Waals surface area (Å²) in [5, 5.41) is 76.2. The Hall–Kier alpha value is -1.34. The van der Waals surface area contributed by atoms with Crippen LogP contribution in [0.4, 0.5) is 0 Å². The van der Waals surface area contributed by atoms with Crippen LogP contribution in [0, 0.1) is 0 Å². The number of hydrogen-bond donors (Lipinski definition) is 7. The quantitative estimate of drug-likeness (QED) is 0.214. The van der Waals surface area contributed by atoms with Gasteiger partial charge in [-0.15, -0.1) is 0 Å². The van der Waals surface area contributed by atoms with Crippen molar-refractivity contribution in [3.05, 3.63) is 28.8 Å². The van der Waals surface area contributed by atoms with Gasteiger partial charge in [-0.1, -0.05) is 41.5 Å². The highest BCUT2D eigenvalue weighted by molar-refractivity contribution is 5.48. The van der Waals surface area contributed by atoms with E-state index in [9.17, 15) is 35.7 Å². The van der Waals surface area contributed by atoms with E-state index in [0.29, 0.717) is 0 Å². The minimum atomic E-state index is -2.71. The van der Waals surface area contributed by atoms with E-state index < -0.39 is 34.6 Å². The molecule has 10 heteroatoms. The van der Waals surface area contributed by atoms with Gasteiger partial charge in [0.25, 0.3) is 17.7 Å². The van der Waals surface area contributed by atoms with Crippen LogP contribution in [0.3, 0.4) is 0 Å². The first-order valence-electron chi connectivity index (χ1n) is 10.8. The van der Waals surface area contributed by atoms with Gasteiger partial charge >= 0.3 is 0 Å².